The molecule has 102 valence electrons. The molecule has 0 saturated heterocycles. The van der Waals surface area contributed by atoms with Crippen LogP contribution in [0.2, 0.25) is 0 Å². The molecule has 20 heavy (non-hydrogen) atoms. The molecule has 0 spiro atoms. The molecule has 0 heterocycles. The van der Waals surface area contributed by atoms with Crippen molar-refractivity contribution < 1.29 is 9.59 Å². The summed E-state index contributed by atoms with van der Waals surface area (Å²) in [6.45, 7) is 4.19. The predicted octanol–water partition coefficient (Wildman–Crippen LogP) is 3.14. The second kappa shape index (κ2) is 5.70. The summed E-state index contributed by atoms with van der Waals surface area (Å²) < 4.78 is 0. The Morgan fingerprint density at radius 3 is 1.95 bits per heavy atom. The highest BCUT2D eigenvalue weighted by molar-refractivity contribution is 6.15. The maximum atomic E-state index is 12.4. The zero-order valence-electron chi connectivity index (χ0n) is 11.6. The van der Waals surface area contributed by atoms with Crippen molar-refractivity contribution >= 4 is 11.7 Å². The highest BCUT2D eigenvalue weighted by Crippen LogP contribution is 2.18. The van der Waals surface area contributed by atoms with Gasteiger partial charge in [-0.05, 0) is 17.5 Å². The van der Waals surface area contributed by atoms with Crippen molar-refractivity contribution in [2.75, 3.05) is 0 Å². The molecular weight excluding hydrogens is 250 g/mol. The molecule has 2 aromatic carbocycles. The Kier molecular flexibility index (Phi) is 3.99. The van der Waals surface area contributed by atoms with Gasteiger partial charge >= 0.3 is 0 Å². The van der Waals surface area contributed by atoms with Gasteiger partial charge in [0.25, 0.3) is 0 Å². The lowest BCUT2D eigenvalue weighted by molar-refractivity contribution is 0.0981. The summed E-state index contributed by atoms with van der Waals surface area (Å²) >= 11 is 0. The summed E-state index contributed by atoms with van der Waals surface area (Å²) in [5.41, 5.74) is 7.63. The van der Waals surface area contributed by atoms with Crippen LogP contribution in [0.15, 0.2) is 48.5 Å². The molecule has 0 saturated carbocycles. The van der Waals surface area contributed by atoms with Gasteiger partial charge in [-0.3, -0.25) is 9.59 Å². The summed E-state index contributed by atoms with van der Waals surface area (Å²) in [5.74, 6) is -0.362. The molecule has 2 aromatic rings. The van der Waals surface area contributed by atoms with Gasteiger partial charge in [0.15, 0.2) is 5.78 Å². The Morgan fingerprint density at radius 1 is 0.900 bits per heavy atom. The molecule has 0 bridgehead atoms. The van der Waals surface area contributed by atoms with Crippen molar-refractivity contribution in [2.45, 2.75) is 19.8 Å². The number of nitrogens with two attached hydrogens (primary N) is 1. The summed E-state index contributed by atoms with van der Waals surface area (Å²) in [7, 11) is 0. The van der Waals surface area contributed by atoms with E-state index in [0.717, 1.165) is 0 Å². The molecule has 0 aliphatic rings. The monoisotopic (exact) mass is 267 g/mol. The summed E-state index contributed by atoms with van der Waals surface area (Å²) in [6, 6.07) is 14.1. The molecule has 3 nitrogen and oxygen atoms in total. The van der Waals surface area contributed by atoms with Crippen molar-refractivity contribution in [1.82, 2.24) is 0 Å². The van der Waals surface area contributed by atoms with E-state index in [1.54, 1.807) is 36.4 Å². The first kappa shape index (κ1) is 14.0. The van der Waals surface area contributed by atoms with Crippen molar-refractivity contribution in [3.63, 3.8) is 0 Å². The van der Waals surface area contributed by atoms with Gasteiger partial charge in [-0.25, -0.2) is 0 Å². The van der Waals surface area contributed by atoms with Crippen LogP contribution in [-0.4, -0.2) is 11.7 Å². The van der Waals surface area contributed by atoms with E-state index in [4.69, 9.17) is 5.73 Å². The lowest BCUT2D eigenvalue weighted by atomic mass is 9.95. The lowest BCUT2D eigenvalue weighted by Crippen LogP contribution is -2.16. The van der Waals surface area contributed by atoms with E-state index >= 15 is 0 Å². The highest BCUT2D eigenvalue weighted by atomic mass is 16.1. The van der Waals surface area contributed by atoms with E-state index in [1.807, 2.05) is 12.1 Å². The fourth-order valence-electron chi connectivity index (χ4n) is 2.07. The normalized spacial score (nSPS) is 10.6. The largest absolute Gasteiger partial charge is 0.366 e. The van der Waals surface area contributed by atoms with Gasteiger partial charge in [0.1, 0.15) is 0 Å². The van der Waals surface area contributed by atoms with Crippen molar-refractivity contribution in [1.29, 1.82) is 0 Å². The lowest BCUT2D eigenvalue weighted by Gasteiger charge is -2.08. The molecule has 0 atom stereocenters. The van der Waals surface area contributed by atoms with Crippen LogP contribution < -0.4 is 5.73 Å². The Morgan fingerprint density at radius 2 is 1.45 bits per heavy atom. The van der Waals surface area contributed by atoms with E-state index in [2.05, 4.69) is 13.8 Å². The quantitative estimate of drug-likeness (QED) is 0.865. The van der Waals surface area contributed by atoms with Crippen molar-refractivity contribution in [3.8, 4) is 0 Å². The van der Waals surface area contributed by atoms with E-state index in [1.165, 1.54) is 5.56 Å². The van der Waals surface area contributed by atoms with Gasteiger partial charge in [0, 0.05) is 11.1 Å². The van der Waals surface area contributed by atoms with Gasteiger partial charge in [-0.1, -0.05) is 56.3 Å². The summed E-state index contributed by atoms with van der Waals surface area (Å²) in [4.78, 5) is 23.8. The molecule has 0 aliphatic carbocycles. The topological polar surface area (TPSA) is 60.2 Å². The Labute approximate surface area is 118 Å². The van der Waals surface area contributed by atoms with Crippen molar-refractivity contribution in [3.05, 3.63) is 70.8 Å². The van der Waals surface area contributed by atoms with Crippen LogP contribution >= 0.6 is 0 Å². The fourth-order valence-corrected chi connectivity index (χ4v) is 2.07. The van der Waals surface area contributed by atoms with Gasteiger partial charge in [-0.15, -0.1) is 0 Å². The van der Waals surface area contributed by atoms with Crippen LogP contribution in [0, 0.1) is 0 Å². The third-order valence-electron chi connectivity index (χ3n) is 3.28. The maximum Gasteiger partial charge on any atom is 0.249 e. The fraction of sp³-hybridized carbons (Fsp3) is 0.176. The van der Waals surface area contributed by atoms with Gasteiger partial charge in [0.2, 0.25) is 5.91 Å². The standard InChI is InChI=1S/C17H17NO2/c1-11(2)12-7-9-13(10-8-12)16(19)14-5-3-4-6-15(14)17(18)20/h3-11H,1-2H3,(H2,18,20). The number of primary amides is 1. The Hall–Kier alpha value is -2.42. The van der Waals surface area contributed by atoms with Crippen LogP contribution in [0.4, 0.5) is 0 Å². The first-order valence-electron chi connectivity index (χ1n) is 6.54. The molecule has 0 fully saturated rings. The molecule has 0 aliphatic heterocycles. The SMILES string of the molecule is CC(C)c1ccc(C(=O)c2ccccc2C(N)=O)cc1. The zero-order valence-corrected chi connectivity index (χ0v) is 11.6. The van der Waals surface area contributed by atoms with Gasteiger partial charge in [0.05, 0.1) is 5.56 Å². The molecule has 3 heteroatoms. The van der Waals surface area contributed by atoms with Crippen molar-refractivity contribution in [2.24, 2.45) is 5.73 Å². The van der Waals surface area contributed by atoms with Crippen LogP contribution in [0.1, 0.15) is 51.6 Å². The second-order valence-electron chi connectivity index (χ2n) is 5.02. The molecule has 2 N–H and O–H groups in total. The molecule has 0 aromatic heterocycles. The van der Waals surface area contributed by atoms with Gasteiger partial charge in [-0.2, -0.15) is 0 Å². The number of carbonyl (C=O) groups is 2. The molecule has 2 rings (SSSR count). The predicted molar refractivity (Wildman–Crippen MR) is 78.9 cm³/mol. The first-order valence-corrected chi connectivity index (χ1v) is 6.54. The minimum atomic E-state index is -0.590. The number of benzene rings is 2. The minimum Gasteiger partial charge on any atom is -0.366 e. The number of amides is 1. The van der Waals surface area contributed by atoms with E-state index < -0.39 is 5.91 Å². The van der Waals surface area contributed by atoms with Crippen LogP contribution in [0.25, 0.3) is 0 Å². The molecular formula is C17H17NO2. The van der Waals surface area contributed by atoms with Gasteiger partial charge < -0.3 is 5.73 Å². The van der Waals surface area contributed by atoms with Crippen LogP contribution in [0.3, 0.4) is 0 Å². The van der Waals surface area contributed by atoms with E-state index in [0.29, 0.717) is 17.0 Å². The third kappa shape index (κ3) is 2.77. The molecule has 0 radical (unpaired) electrons. The average Bonchev–Trinajstić information content (AvgIpc) is 2.46. The Balaban J connectivity index is 2.39. The van der Waals surface area contributed by atoms with E-state index in [9.17, 15) is 9.59 Å². The smallest absolute Gasteiger partial charge is 0.249 e. The number of hydrogen-bond donors (Lipinski definition) is 1. The molecule has 0 unspecified atom stereocenters. The first-order chi connectivity index (χ1) is 9.50. The van der Waals surface area contributed by atoms with E-state index in [-0.39, 0.29) is 11.3 Å². The maximum absolute atomic E-state index is 12.4. The zero-order chi connectivity index (χ0) is 14.7. The minimum absolute atomic E-state index is 0.185. The molecule has 1 amide bonds. The third-order valence-corrected chi connectivity index (χ3v) is 3.28. The number of hydrogen-bond acceptors (Lipinski definition) is 2. The summed E-state index contributed by atoms with van der Waals surface area (Å²) in [5, 5.41) is 0. The van der Waals surface area contributed by atoms with Crippen LogP contribution in [-0.2, 0) is 0 Å². The number of carbonyl (C=O) groups excluding carboxylic acids is 2. The number of rotatable bonds is 4. The highest BCUT2D eigenvalue weighted by Gasteiger charge is 2.16. The number of ketones is 1. The second-order valence-corrected chi connectivity index (χ2v) is 5.02. The summed E-state index contributed by atoms with van der Waals surface area (Å²) in [6.07, 6.45) is 0. The average molecular weight is 267 g/mol. The van der Waals surface area contributed by atoms with Crippen LogP contribution in [0.5, 0.6) is 0 Å². The Bertz CT molecular complexity index is 642.